The number of halogens is 1. The monoisotopic (exact) mass is 353 g/mol. The predicted octanol–water partition coefficient (Wildman–Crippen LogP) is 3.01. The normalized spacial score (nSPS) is 10.6. The second-order valence-corrected chi connectivity index (χ2v) is 5.48. The van der Waals surface area contributed by atoms with Gasteiger partial charge < -0.3 is 19.9 Å². The number of aromatic nitrogens is 2. The molecule has 0 saturated carbocycles. The standard InChI is InChI=1S/C16H20ClN3O4/c17-12-4-5-13-14(10-12)19-11-20-15(13)18-6-2-1-3-8-23-16(22)24-9-7-21/h4-5,10-11,21H,1-3,6-9H2,(H,18,19,20). The summed E-state index contributed by atoms with van der Waals surface area (Å²) in [7, 11) is 0. The van der Waals surface area contributed by atoms with E-state index in [1.54, 1.807) is 6.07 Å². The Kier molecular flexibility index (Phi) is 7.51. The van der Waals surface area contributed by atoms with Crippen molar-refractivity contribution in [1.29, 1.82) is 0 Å². The Morgan fingerprint density at radius 3 is 2.83 bits per heavy atom. The van der Waals surface area contributed by atoms with Crippen LogP contribution in [0.15, 0.2) is 24.5 Å². The van der Waals surface area contributed by atoms with Gasteiger partial charge >= 0.3 is 6.16 Å². The molecule has 1 aromatic heterocycles. The molecule has 2 N–H and O–H groups in total. The molecule has 130 valence electrons. The van der Waals surface area contributed by atoms with Crippen molar-refractivity contribution in [2.75, 3.05) is 31.7 Å². The van der Waals surface area contributed by atoms with Crippen LogP contribution in [0.3, 0.4) is 0 Å². The molecule has 0 aliphatic heterocycles. The summed E-state index contributed by atoms with van der Waals surface area (Å²) in [6.45, 7) is 0.814. The van der Waals surface area contributed by atoms with Crippen LogP contribution in [0.4, 0.5) is 10.6 Å². The molecule has 0 aliphatic carbocycles. The SMILES string of the molecule is O=C(OCCO)OCCCCCNc1ncnc2cc(Cl)ccc12. The van der Waals surface area contributed by atoms with Crippen molar-refractivity contribution in [3.63, 3.8) is 0 Å². The van der Waals surface area contributed by atoms with Crippen LogP contribution < -0.4 is 5.32 Å². The topological polar surface area (TPSA) is 93.6 Å². The summed E-state index contributed by atoms with van der Waals surface area (Å²) < 4.78 is 9.43. The van der Waals surface area contributed by atoms with Crippen LogP contribution in [0, 0.1) is 0 Å². The van der Waals surface area contributed by atoms with Crippen molar-refractivity contribution in [1.82, 2.24) is 9.97 Å². The lowest BCUT2D eigenvalue weighted by Gasteiger charge is -2.08. The Bertz CT molecular complexity index is 669. The number of carbonyl (C=O) groups is 1. The fourth-order valence-electron chi connectivity index (χ4n) is 2.11. The van der Waals surface area contributed by atoms with Crippen molar-refractivity contribution < 1.29 is 19.4 Å². The number of ether oxygens (including phenoxy) is 2. The van der Waals surface area contributed by atoms with Crippen molar-refractivity contribution in [2.24, 2.45) is 0 Å². The van der Waals surface area contributed by atoms with E-state index in [9.17, 15) is 4.79 Å². The van der Waals surface area contributed by atoms with Gasteiger partial charge in [-0.3, -0.25) is 0 Å². The highest BCUT2D eigenvalue weighted by Gasteiger charge is 2.04. The molecule has 7 nitrogen and oxygen atoms in total. The summed E-state index contributed by atoms with van der Waals surface area (Å²) in [6.07, 6.45) is 3.32. The van der Waals surface area contributed by atoms with E-state index in [1.165, 1.54) is 6.33 Å². The number of anilines is 1. The first kappa shape index (κ1) is 18.2. The van der Waals surface area contributed by atoms with Crippen molar-refractivity contribution in [2.45, 2.75) is 19.3 Å². The molecule has 0 radical (unpaired) electrons. The number of benzene rings is 1. The van der Waals surface area contributed by atoms with Crippen LogP contribution in [-0.2, 0) is 9.47 Å². The Morgan fingerprint density at radius 2 is 2.00 bits per heavy atom. The van der Waals surface area contributed by atoms with Gasteiger partial charge in [0.2, 0.25) is 0 Å². The molecule has 0 spiro atoms. The predicted molar refractivity (Wildman–Crippen MR) is 91.3 cm³/mol. The first-order valence-corrected chi connectivity index (χ1v) is 8.13. The van der Waals surface area contributed by atoms with Gasteiger partial charge in [-0.1, -0.05) is 11.6 Å². The molecule has 2 rings (SSSR count). The van der Waals surface area contributed by atoms with Crippen molar-refractivity contribution >= 4 is 34.5 Å². The number of nitrogens with one attached hydrogen (secondary N) is 1. The average molecular weight is 354 g/mol. The number of carbonyl (C=O) groups excluding carboxylic acids is 1. The van der Waals surface area contributed by atoms with Gasteiger partial charge in [0.05, 0.1) is 18.7 Å². The zero-order chi connectivity index (χ0) is 17.2. The van der Waals surface area contributed by atoms with E-state index in [4.69, 9.17) is 21.4 Å². The Hall–Kier alpha value is -2.12. The lowest BCUT2D eigenvalue weighted by Crippen LogP contribution is -2.11. The van der Waals surface area contributed by atoms with Gasteiger partial charge in [0.25, 0.3) is 0 Å². The van der Waals surface area contributed by atoms with Crippen LogP contribution in [0.5, 0.6) is 0 Å². The van der Waals surface area contributed by atoms with Crippen molar-refractivity contribution in [3.05, 3.63) is 29.5 Å². The van der Waals surface area contributed by atoms with Crippen LogP contribution in [0.25, 0.3) is 10.9 Å². The molecule has 0 fully saturated rings. The second-order valence-electron chi connectivity index (χ2n) is 5.04. The van der Waals surface area contributed by atoms with Gasteiger partial charge in [-0.15, -0.1) is 0 Å². The fourth-order valence-corrected chi connectivity index (χ4v) is 2.27. The van der Waals surface area contributed by atoms with Gasteiger partial charge in [-0.05, 0) is 37.5 Å². The summed E-state index contributed by atoms with van der Waals surface area (Å²) in [6, 6.07) is 5.51. The quantitative estimate of drug-likeness (QED) is 0.528. The van der Waals surface area contributed by atoms with E-state index in [0.29, 0.717) is 11.6 Å². The number of hydrogen-bond donors (Lipinski definition) is 2. The molecule has 1 aromatic carbocycles. The number of fused-ring (bicyclic) bond motifs is 1. The van der Waals surface area contributed by atoms with Gasteiger partial charge in [-0.25, -0.2) is 14.8 Å². The highest BCUT2D eigenvalue weighted by Crippen LogP contribution is 2.22. The minimum Gasteiger partial charge on any atom is -0.434 e. The Labute approximate surface area is 145 Å². The number of hydrogen-bond acceptors (Lipinski definition) is 7. The molecule has 0 saturated heterocycles. The first-order valence-electron chi connectivity index (χ1n) is 7.75. The smallest absolute Gasteiger partial charge is 0.434 e. The minimum absolute atomic E-state index is 0.0408. The Balaban J connectivity index is 1.65. The molecular formula is C16H20ClN3O4. The molecule has 0 aliphatic rings. The molecule has 8 heteroatoms. The fraction of sp³-hybridized carbons (Fsp3) is 0.438. The largest absolute Gasteiger partial charge is 0.508 e. The zero-order valence-corrected chi connectivity index (χ0v) is 14.0. The van der Waals surface area contributed by atoms with Gasteiger partial charge in [0.1, 0.15) is 18.8 Å². The molecule has 24 heavy (non-hydrogen) atoms. The lowest BCUT2D eigenvalue weighted by atomic mass is 10.2. The molecule has 0 atom stereocenters. The molecule has 2 aromatic rings. The maximum Gasteiger partial charge on any atom is 0.508 e. The number of nitrogens with zero attached hydrogens (tertiary/aromatic N) is 2. The maximum absolute atomic E-state index is 11.0. The van der Waals surface area contributed by atoms with Crippen LogP contribution >= 0.6 is 11.6 Å². The van der Waals surface area contributed by atoms with E-state index in [1.807, 2.05) is 12.1 Å². The molecule has 1 heterocycles. The summed E-state index contributed by atoms with van der Waals surface area (Å²) in [4.78, 5) is 19.5. The first-order chi connectivity index (χ1) is 11.7. The highest BCUT2D eigenvalue weighted by molar-refractivity contribution is 6.31. The van der Waals surface area contributed by atoms with Gasteiger partial charge in [0, 0.05) is 17.0 Å². The molecule has 0 unspecified atom stereocenters. The van der Waals surface area contributed by atoms with Gasteiger partial charge in [-0.2, -0.15) is 0 Å². The van der Waals surface area contributed by atoms with E-state index < -0.39 is 6.16 Å². The number of aliphatic hydroxyl groups is 1. The molecule has 0 amide bonds. The van der Waals surface area contributed by atoms with E-state index in [2.05, 4.69) is 20.0 Å². The summed E-state index contributed by atoms with van der Waals surface area (Å²) in [5.41, 5.74) is 0.801. The van der Waals surface area contributed by atoms with E-state index in [-0.39, 0.29) is 13.2 Å². The third-order valence-electron chi connectivity index (χ3n) is 3.24. The number of rotatable bonds is 9. The third kappa shape index (κ3) is 5.82. The zero-order valence-electron chi connectivity index (χ0n) is 13.2. The highest BCUT2D eigenvalue weighted by atomic mass is 35.5. The number of unbranched alkanes of at least 4 members (excludes halogenated alkanes) is 2. The summed E-state index contributed by atoms with van der Waals surface area (Å²) in [5.74, 6) is 0.778. The average Bonchev–Trinajstić information content (AvgIpc) is 2.58. The summed E-state index contributed by atoms with van der Waals surface area (Å²) in [5, 5.41) is 13.4. The van der Waals surface area contributed by atoms with Crippen LogP contribution in [-0.4, -0.2) is 47.6 Å². The number of aliphatic hydroxyl groups excluding tert-OH is 1. The second kappa shape index (κ2) is 9.89. The molecule has 0 bridgehead atoms. The third-order valence-corrected chi connectivity index (χ3v) is 3.48. The van der Waals surface area contributed by atoms with E-state index in [0.717, 1.165) is 42.5 Å². The van der Waals surface area contributed by atoms with Crippen LogP contribution in [0.1, 0.15) is 19.3 Å². The maximum atomic E-state index is 11.0. The van der Waals surface area contributed by atoms with Gasteiger partial charge in [0.15, 0.2) is 0 Å². The lowest BCUT2D eigenvalue weighted by molar-refractivity contribution is 0.0426. The Morgan fingerprint density at radius 1 is 1.17 bits per heavy atom. The van der Waals surface area contributed by atoms with E-state index >= 15 is 0 Å². The van der Waals surface area contributed by atoms with Crippen molar-refractivity contribution in [3.8, 4) is 0 Å². The summed E-state index contributed by atoms with van der Waals surface area (Å²) >= 11 is 5.96. The molecular weight excluding hydrogens is 334 g/mol. The minimum atomic E-state index is -0.742. The van der Waals surface area contributed by atoms with Crippen LogP contribution in [0.2, 0.25) is 5.02 Å².